The van der Waals surface area contributed by atoms with Crippen molar-refractivity contribution in [3.05, 3.63) is 35.6 Å². The van der Waals surface area contributed by atoms with Crippen LogP contribution in [0.2, 0.25) is 0 Å². The third-order valence-corrected chi connectivity index (χ3v) is 4.56. The van der Waals surface area contributed by atoms with Crippen LogP contribution in [-0.4, -0.2) is 23.0 Å². The number of thioether (sulfide) groups is 1. The Morgan fingerprint density at radius 3 is 2.79 bits per heavy atom. The van der Waals surface area contributed by atoms with Crippen LogP contribution >= 0.6 is 11.8 Å². The normalized spacial score (nSPS) is 25.3. The Morgan fingerprint density at radius 2 is 2.11 bits per heavy atom. The molecule has 0 bridgehead atoms. The van der Waals surface area contributed by atoms with E-state index in [1.807, 2.05) is 12.1 Å². The summed E-state index contributed by atoms with van der Waals surface area (Å²) in [4.78, 5) is 4.62. The third kappa shape index (κ3) is 4.23. The fourth-order valence-corrected chi connectivity index (χ4v) is 3.26. The summed E-state index contributed by atoms with van der Waals surface area (Å²) in [6, 6.07) is 6.66. The van der Waals surface area contributed by atoms with E-state index in [9.17, 15) is 4.39 Å². The Balaban J connectivity index is 1.87. The molecular formula is C15H21FN2S. The van der Waals surface area contributed by atoms with Gasteiger partial charge in [-0.05, 0) is 43.9 Å². The second-order valence-corrected chi connectivity index (χ2v) is 6.28. The van der Waals surface area contributed by atoms with Gasteiger partial charge in [0.1, 0.15) is 5.82 Å². The Morgan fingerprint density at radius 1 is 1.37 bits per heavy atom. The van der Waals surface area contributed by atoms with Crippen LogP contribution in [0.3, 0.4) is 0 Å². The molecule has 0 aromatic heterocycles. The molecule has 4 heteroatoms. The highest BCUT2D eigenvalue weighted by Crippen LogP contribution is 2.24. The summed E-state index contributed by atoms with van der Waals surface area (Å²) in [5.41, 5.74) is 1.32. The van der Waals surface area contributed by atoms with Gasteiger partial charge in [0, 0.05) is 17.8 Å². The van der Waals surface area contributed by atoms with Gasteiger partial charge in [-0.15, -0.1) is 0 Å². The molecule has 1 fully saturated rings. The van der Waals surface area contributed by atoms with Crippen molar-refractivity contribution in [2.45, 2.75) is 38.6 Å². The second kappa shape index (κ2) is 6.42. The summed E-state index contributed by atoms with van der Waals surface area (Å²) >= 11 is 1.80. The van der Waals surface area contributed by atoms with Gasteiger partial charge in [-0.3, -0.25) is 4.99 Å². The first kappa shape index (κ1) is 14.4. The highest BCUT2D eigenvalue weighted by molar-refractivity contribution is 8.13. The standard InChI is InChI=1S/C15H21FN2S/c1-3-15(2)9-11-19-14(18-15)17-10-8-12-4-6-13(16)7-5-12/h4-7H,3,8-11H2,1-2H3,(H,17,18). The van der Waals surface area contributed by atoms with Crippen LogP contribution in [0.25, 0.3) is 0 Å². The van der Waals surface area contributed by atoms with Crippen molar-refractivity contribution < 1.29 is 4.39 Å². The van der Waals surface area contributed by atoms with E-state index < -0.39 is 0 Å². The van der Waals surface area contributed by atoms with Crippen molar-refractivity contribution in [2.24, 2.45) is 4.99 Å². The minimum Gasteiger partial charge on any atom is -0.360 e. The van der Waals surface area contributed by atoms with Crippen molar-refractivity contribution in [1.82, 2.24) is 5.32 Å². The van der Waals surface area contributed by atoms with Crippen LogP contribution < -0.4 is 5.32 Å². The quantitative estimate of drug-likeness (QED) is 0.911. The minimum absolute atomic E-state index is 0.182. The molecule has 1 atom stereocenters. The molecular weight excluding hydrogens is 259 g/mol. The highest BCUT2D eigenvalue weighted by Gasteiger charge is 2.27. The molecule has 0 spiro atoms. The van der Waals surface area contributed by atoms with E-state index in [2.05, 4.69) is 24.2 Å². The van der Waals surface area contributed by atoms with Gasteiger partial charge in [0.2, 0.25) is 0 Å². The lowest BCUT2D eigenvalue weighted by atomic mass is 9.96. The van der Waals surface area contributed by atoms with Gasteiger partial charge in [0.15, 0.2) is 5.17 Å². The molecule has 0 radical (unpaired) electrons. The lowest BCUT2D eigenvalue weighted by molar-refractivity contribution is 0.390. The Hall–Kier alpha value is -1.03. The van der Waals surface area contributed by atoms with Crippen molar-refractivity contribution in [2.75, 3.05) is 12.3 Å². The molecule has 1 saturated heterocycles. The molecule has 19 heavy (non-hydrogen) atoms. The SMILES string of the molecule is CCC1(C)CCSC(=NCCc2ccc(F)cc2)N1. The van der Waals surface area contributed by atoms with Gasteiger partial charge in [0.25, 0.3) is 0 Å². The molecule has 2 rings (SSSR count). The average molecular weight is 280 g/mol. The first-order valence-electron chi connectivity index (χ1n) is 6.81. The lowest BCUT2D eigenvalue weighted by Gasteiger charge is -2.35. The number of hydrogen-bond acceptors (Lipinski definition) is 2. The molecule has 1 aliphatic rings. The van der Waals surface area contributed by atoms with E-state index in [0.717, 1.165) is 35.9 Å². The maximum atomic E-state index is 12.8. The largest absolute Gasteiger partial charge is 0.360 e. The van der Waals surface area contributed by atoms with E-state index in [4.69, 9.17) is 0 Å². The molecule has 1 unspecified atom stereocenters. The summed E-state index contributed by atoms with van der Waals surface area (Å²) in [6.07, 6.45) is 3.16. The van der Waals surface area contributed by atoms with Crippen LogP contribution in [0.15, 0.2) is 29.3 Å². The predicted molar refractivity (Wildman–Crippen MR) is 81.3 cm³/mol. The predicted octanol–water partition coefficient (Wildman–Crippen LogP) is 3.62. The molecule has 1 heterocycles. The minimum atomic E-state index is -0.182. The van der Waals surface area contributed by atoms with Crippen molar-refractivity contribution >= 4 is 16.9 Å². The zero-order valence-corrected chi connectivity index (χ0v) is 12.4. The van der Waals surface area contributed by atoms with E-state index in [1.165, 1.54) is 18.6 Å². The van der Waals surface area contributed by atoms with Gasteiger partial charge < -0.3 is 5.32 Å². The topological polar surface area (TPSA) is 24.4 Å². The van der Waals surface area contributed by atoms with Crippen molar-refractivity contribution in [1.29, 1.82) is 0 Å². The number of hydrogen-bond donors (Lipinski definition) is 1. The van der Waals surface area contributed by atoms with E-state index >= 15 is 0 Å². The third-order valence-electron chi connectivity index (χ3n) is 3.65. The summed E-state index contributed by atoms with van der Waals surface area (Å²) in [6.45, 7) is 5.21. The molecule has 2 nitrogen and oxygen atoms in total. The number of rotatable bonds is 4. The van der Waals surface area contributed by atoms with Crippen LogP contribution in [0.1, 0.15) is 32.3 Å². The molecule has 1 aromatic carbocycles. The van der Waals surface area contributed by atoms with Gasteiger partial charge in [-0.1, -0.05) is 30.8 Å². The number of aliphatic imine (C=N–C) groups is 1. The van der Waals surface area contributed by atoms with E-state index in [0.29, 0.717) is 0 Å². The summed E-state index contributed by atoms with van der Waals surface area (Å²) < 4.78 is 12.8. The number of benzene rings is 1. The Bertz CT molecular complexity index is 444. The average Bonchev–Trinajstić information content (AvgIpc) is 2.41. The van der Waals surface area contributed by atoms with Gasteiger partial charge in [-0.2, -0.15) is 0 Å². The fourth-order valence-electron chi connectivity index (χ4n) is 2.02. The molecule has 0 amide bonds. The zero-order valence-electron chi connectivity index (χ0n) is 11.6. The Labute approximate surface area is 118 Å². The van der Waals surface area contributed by atoms with Crippen molar-refractivity contribution in [3.8, 4) is 0 Å². The zero-order chi connectivity index (χ0) is 13.7. The molecule has 1 N–H and O–H groups in total. The molecule has 104 valence electrons. The van der Waals surface area contributed by atoms with Crippen LogP contribution in [0.4, 0.5) is 4.39 Å². The second-order valence-electron chi connectivity index (χ2n) is 5.20. The van der Waals surface area contributed by atoms with E-state index in [1.54, 1.807) is 11.8 Å². The summed E-state index contributed by atoms with van der Waals surface area (Å²) in [5.74, 6) is 0.950. The molecule has 0 aliphatic carbocycles. The maximum absolute atomic E-state index is 12.8. The smallest absolute Gasteiger partial charge is 0.156 e. The van der Waals surface area contributed by atoms with Gasteiger partial charge in [-0.25, -0.2) is 4.39 Å². The summed E-state index contributed by atoms with van der Waals surface area (Å²) in [7, 11) is 0. The maximum Gasteiger partial charge on any atom is 0.156 e. The first-order chi connectivity index (χ1) is 9.11. The summed E-state index contributed by atoms with van der Waals surface area (Å²) in [5, 5.41) is 4.58. The van der Waals surface area contributed by atoms with Crippen LogP contribution in [0, 0.1) is 5.82 Å². The van der Waals surface area contributed by atoms with Crippen LogP contribution in [-0.2, 0) is 6.42 Å². The Kier molecular flexibility index (Phi) is 4.86. The van der Waals surface area contributed by atoms with E-state index in [-0.39, 0.29) is 11.4 Å². The highest BCUT2D eigenvalue weighted by atomic mass is 32.2. The van der Waals surface area contributed by atoms with Crippen LogP contribution in [0.5, 0.6) is 0 Å². The first-order valence-corrected chi connectivity index (χ1v) is 7.80. The number of halogens is 1. The van der Waals surface area contributed by atoms with Crippen molar-refractivity contribution in [3.63, 3.8) is 0 Å². The van der Waals surface area contributed by atoms with Gasteiger partial charge >= 0.3 is 0 Å². The molecule has 1 aliphatic heterocycles. The monoisotopic (exact) mass is 280 g/mol. The number of amidine groups is 1. The number of nitrogens with one attached hydrogen (secondary N) is 1. The number of nitrogens with zero attached hydrogens (tertiary/aromatic N) is 1. The fraction of sp³-hybridized carbons (Fsp3) is 0.533. The molecule has 0 saturated carbocycles. The molecule has 1 aromatic rings. The van der Waals surface area contributed by atoms with Gasteiger partial charge in [0.05, 0.1) is 0 Å². The lowest BCUT2D eigenvalue weighted by Crippen LogP contribution is -2.48.